The first-order valence-electron chi connectivity index (χ1n) is 10.7. The minimum absolute atomic E-state index is 0.0817. The molecule has 0 bridgehead atoms. The first kappa shape index (κ1) is 22.2. The molecule has 1 spiro atoms. The van der Waals surface area contributed by atoms with Crippen molar-refractivity contribution in [2.24, 2.45) is 0 Å². The summed E-state index contributed by atoms with van der Waals surface area (Å²) in [5.41, 5.74) is 10.6. The van der Waals surface area contributed by atoms with Crippen LogP contribution in [-0.4, -0.2) is 42.4 Å². The summed E-state index contributed by atoms with van der Waals surface area (Å²) in [5.74, 6) is -0.327. The second-order valence-corrected chi connectivity index (χ2v) is 11.4. The number of carbonyl (C=O) groups excluding carboxylic acids is 1. The Labute approximate surface area is 197 Å². The van der Waals surface area contributed by atoms with E-state index in [0.29, 0.717) is 23.8 Å². The molecule has 5 rings (SSSR count). The standard InChI is InChI=1S/C23H25N5O3S2/c1-15-3-4-16(2)19(13-15)20-14-32-22(24-20)25-21(29)17-5-7-18(8-6-17)33(30,31)28-11-9-23(10-12-28)26-27-23/h3-8,13-14,26-27H,9-12H2,1-2H3,(H,24,25,29). The summed E-state index contributed by atoms with van der Waals surface area (Å²) in [4.78, 5) is 17.5. The minimum Gasteiger partial charge on any atom is -0.298 e. The van der Waals surface area contributed by atoms with Gasteiger partial charge in [-0.15, -0.1) is 11.3 Å². The van der Waals surface area contributed by atoms with Crippen molar-refractivity contribution in [2.75, 3.05) is 18.4 Å². The third kappa shape index (κ3) is 4.44. The van der Waals surface area contributed by atoms with Gasteiger partial charge < -0.3 is 0 Å². The molecule has 0 unspecified atom stereocenters. The van der Waals surface area contributed by atoms with E-state index in [9.17, 15) is 13.2 Å². The zero-order chi connectivity index (χ0) is 23.2. The number of carbonyl (C=O) groups is 1. The highest BCUT2D eigenvalue weighted by Gasteiger charge is 2.46. The minimum atomic E-state index is -3.58. The molecule has 3 aromatic rings. The zero-order valence-corrected chi connectivity index (χ0v) is 20.0. The van der Waals surface area contributed by atoms with Crippen LogP contribution in [0.4, 0.5) is 5.13 Å². The quantitative estimate of drug-likeness (QED) is 0.479. The lowest BCUT2D eigenvalue weighted by atomic mass is 10.0. The molecule has 0 radical (unpaired) electrons. The highest BCUT2D eigenvalue weighted by molar-refractivity contribution is 7.89. The van der Waals surface area contributed by atoms with Gasteiger partial charge in [-0.3, -0.25) is 10.1 Å². The average Bonchev–Trinajstić information content (AvgIpc) is 3.39. The number of piperidine rings is 1. The van der Waals surface area contributed by atoms with Gasteiger partial charge in [0, 0.05) is 29.6 Å². The monoisotopic (exact) mass is 483 g/mol. The Bertz CT molecular complexity index is 1300. The first-order valence-corrected chi connectivity index (χ1v) is 13.1. The third-order valence-corrected chi connectivity index (χ3v) is 8.87. The fraction of sp³-hybridized carbons (Fsp3) is 0.304. The average molecular weight is 484 g/mol. The van der Waals surface area contributed by atoms with Gasteiger partial charge >= 0.3 is 0 Å². The molecule has 3 heterocycles. The van der Waals surface area contributed by atoms with Gasteiger partial charge in [0.05, 0.1) is 16.3 Å². The Morgan fingerprint density at radius 2 is 1.79 bits per heavy atom. The summed E-state index contributed by atoms with van der Waals surface area (Å²) in [7, 11) is -3.58. The largest absolute Gasteiger partial charge is 0.298 e. The van der Waals surface area contributed by atoms with Crippen LogP contribution < -0.4 is 16.2 Å². The molecule has 1 aromatic heterocycles. The summed E-state index contributed by atoms with van der Waals surface area (Å²) in [6.07, 6.45) is 1.45. The van der Waals surface area contributed by atoms with Gasteiger partial charge in [0.2, 0.25) is 10.0 Å². The topological polar surface area (TPSA) is 123 Å². The molecular formula is C23H25N5O3S2. The second kappa shape index (κ2) is 8.30. The number of anilines is 1. The molecule has 2 aliphatic heterocycles. The number of sulfonamides is 1. The van der Waals surface area contributed by atoms with E-state index in [-0.39, 0.29) is 16.5 Å². The van der Waals surface area contributed by atoms with E-state index >= 15 is 0 Å². The van der Waals surface area contributed by atoms with Crippen molar-refractivity contribution in [1.82, 2.24) is 20.1 Å². The summed E-state index contributed by atoms with van der Waals surface area (Å²) < 4.78 is 27.4. The number of hydrogen-bond acceptors (Lipinski definition) is 7. The fourth-order valence-electron chi connectivity index (χ4n) is 4.01. The number of aromatic nitrogens is 1. The van der Waals surface area contributed by atoms with E-state index in [1.165, 1.54) is 39.9 Å². The lowest BCUT2D eigenvalue weighted by Gasteiger charge is -2.29. The molecule has 172 valence electrons. The lowest BCUT2D eigenvalue weighted by molar-refractivity contribution is 0.102. The van der Waals surface area contributed by atoms with E-state index in [2.05, 4.69) is 39.4 Å². The number of aryl methyl sites for hydroxylation is 2. The molecule has 2 fully saturated rings. The molecule has 10 heteroatoms. The highest BCUT2D eigenvalue weighted by Crippen LogP contribution is 2.30. The number of nitrogens with one attached hydrogen (secondary N) is 3. The van der Waals surface area contributed by atoms with Crippen molar-refractivity contribution in [2.45, 2.75) is 37.2 Å². The van der Waals surface area contributed by atoms with Crippen LogP contribution >= 0.6 is 11.3 Å². The van der Waals surface area contributed by atoms with Gasteiger partial charge in [0.1, 0.15) is 0 Å². The number of hydrazine groups is 1. The van der Waals surface area contributed by atoms with Gasteiger partial charge in [0.25, 0.3) is 5.91 Å². The third-order valence-electron chi connectivity index (χ3n) is 6.20. The predicted octanol–water partition coefficient (Wildman–Crippen LogP) is 3.27. The van der Waals surface area contributed by atoms with Crippen molar-refractivity contribution in [3.05, 3.63) is 64.5 Å². The van der Waals surface area contributed by atoms with Crippen LogP contribution in [0.3, 0.4) is 0 Å². The van der Waals surface area contributed by atoms with Crippen LogP contribution in [0.1, 0.15) is 34.3 Å². The van der Waals surface area contributed by atoms with E-state index < -0.39 is 10.0 Å². The van der Waals surface area contributed by atoms with Gasteiger partial charge in [-0.25, -0.2) is 24.3 Å². The van der Waals surface area contributed by atoms with Gasteiger partial charge in [-0.2, -0.15) is 4.31 Å². The molecule has 0 atom stereocenters. The van der Waals surface area contributed by atoms with Crippen LogP contribution in [0.25, 0.3) is 11.3 Å². The fourth-order valence-corrected chi connectivity index (χ4v) is 6.16. The van der Waals surface area contributed by atoms with Crippen molar-refractivity contribution in [3.8, 4) is 11.3 Å². The Hall–Kier alpha value is -2.63. The molecule has 3 N–H and O–H groups in total. The van der Waals surface area contributed by atoms with Crippen molar-refractivity contribution >= 4 is 32.4 Å². The van der Waals surface area contributed by atoms with E-state index in [1.54, 1.807) is 0 Å². The number of amides is 1. The molecule has 8 nitrogen and oxygen atoms in total. The summed E-state index contributed by atoms with van der Waals surface area (Å²) in [6.45, 7) is 4.98. The smallest absolute Gasteiger partial charge is 0.257 e. The Morgan fingerprint density at radius 3 is 2.45 bits per heavy atom. The number of rotatable bonds is 5. The van der Waals surface area contributed by atoms with Crippen LogP contribution in [0.2, 0.25) is 0 Å². The summed E-state index contributed by atoms with van der Waals surface area (Å²) in [6, 6.07) is 12.3. The molecular weight excluding hydrogens is 458 g/mol. The molecule has 2 aromatic carbocycles. The van der Waals surface area contributed by atoms with Crippen LogP contribution in [0.15, 0.2) is 52.7 Å². The van der Waals surface area contributed by atoms with Crippen LogP contribution in [0, 0.1) is 13.8 Å². The normalized spacial score (nSPS) is 17.8. The van der Waals surface area contributed by atoms with E-state index in [0.717, 1.165) is 35.2 Å². The second-order valence-electron chi connectivity index (χ2n) is 8.57. The SMILES string of the molecule is Cc1ccc(C)c(-c2csc(NC(=O)c3ccc(S(=O)(=O)N4CCC5(CC4)NN5)cc3)n2)c1. The number of benzene rings is 2. The molecule has 0 saturated carbocycles. The molecule has 0 aliphatic carbocycles. The number of thiazole rings is 1. The summed E-state index contributed by atoms with van der Waals surface area (Å²) >= 11 is 1.36. The molecule has 2 aliphatic rings. The maximum Gasteiger partial charge on any atom is 0.257 e. The Balaban J connectivity index is 1.26. The van der Waals surface area contributed by atoms with Crippen LogP contribution in [0.5, 0.6) is 0 Å². The van der Waals surface area contributed by atoms with Crippen molar-refractivity contribution < 1.29 is 13.2 Å². The van der Waals surface area contributed by atoms with Gasteiger partial charge in [0.15, 0.2) is 5.13 Å². The molecule has 33 heavy (non-hydrogen) atoms. The van der Waals surface area contributed by atoms with E-state index in [1.807, 2.05) is 19.2 Å². The first-order chi connectivity index (χ1) is 15.8. The summed E-state index contributed by atoms with van der Waals surface area (Å²) in [5, 5.41) is 5.23. The number of hydrogen-bond donors (Lipinski definition) is 3. The van der Waals surface area contributed by atoms with Crippen LogP contribution in [-0.2, 0) is 10.0 Å². The Kier molecular flexibility index (Phi) is 5.58. The maximum absolute atomic E-state index is 13.0. The van der Waals surface area contributed by atoms with Crippen molar-refractivity contribution in [1.29, 1.82) is 0 Å². The van der Waals surface area contributed by atoms with E-state index in [4.69, 9.17) is 0 Å². The predicted molar refractivity (Wildman–Crippen MR) is 128 cm³/mol. The van der Waals surface area contributed by atoms with Crippen molar-refractivity contribution in [3.63, 3.8) is 0 Å². The zero-order valence-electron chi connectivity index (χ0n) is 18.4. The lowest BCUT2D eigenvalue weighted by Crippen LogP contribution is -2.43. The Morgan fingerprint density at radius 1 is 1.09 bits per heavy atom. The molecule has 2 saturated heterocycles. The van der Waals surface area contributed by atoms with Gasteiger partial charge in [-0.05, 0) is 62.6 Å². The maximum atomic E-state index is 13.0. The molecule has 1 amide bonds. The van der Waals surface area contributed by atoms with Gasteiger partial charge in [-0.1, -0.05) is 17.7 Å². The number of nitrogens with zero attached hydrogens (tertiary/aromatic N) is 2. The highest BCUT2D eigenvalue weighted by atomic mass is 32.2.